The van der Waals surface area contributed by atoms with Crippen molar-refractivity contribution in [2.75, 3.05) is 20.3 Å². The highest BCUT2D eigenvalue weighted by molar-refractivity contribution is 5.85. The van der Waals surface area contributed by atoms with Crippen LogP contribution in [0.4, 0.5) is 0 Å². The van der Waals surface area contributed by atoms with Crippen LogP contribution in [0.1, 0.15) is 32.3 Å². The van der Waals surface area contributed by atoms with E-state index in [0.717, 1.165) is 12.0 Å². The summed E-state index contributed by atoms with van der Waals surface area (Å²) in [4.78, 5) is 12.1. The first-order chi connectivity index (χ1) is 10.8. The minimum absolute atomic E-state index is 0.0585. The molecule has 0 aliphatic rings. The highest BCUT2D eigenvalue weighted by atomic mass is 16.5. The van der Waals surface area contributed by atoms with Gasteiger partial charge in [-0.25, -0.2) is 0 Å². The first-order valence-electron chi connectivity index (χ1n) is 7.88. The van der Waals surface area contributed by atoms with Crippen molar-refractivity contribution < 1.29 is 19.7 Å². The maximum Gasteiger partial charge on any atom is 0.239 e. The normalized spacial score (nSPS) is 14.8. The van der Waals surface area contributed by atoms with E-state index in [0.29, 0.717) is 25.1 Å². The summed E-state index contributed by atoms with van der Waals surface area (Å²) in [6, 6.07) is 5.11. The summed E-state index contributed by atoms with van der Waals surface area (Å²) in [5.41, 5.74) is 5.95. The van der Waals surface area contributed by atoms with Gasteiger partial charge in [0, 0.05) is 19.1 Å². The van der Waals surface area contributed by atoms with Crippen molar-refractivity contribution in [3.05, 3.63) is 23.8 Å². The number of carbonyl (C=O) groups excluding carboxylic acids is 1. The SMILES string of the molecule is CCCC(C)(N)C(=O)NCC(CO)Cc1ccc(OC)c(O)c1. The molecule has 0 bridgehead atoms. The fraction of sp³-hybridized carbons (Fsp3) is 0.588. The van der Waals surface area contributed by atoms with Crippen LogP contribution in [0.3, 0.4) is 0 Å². The van der Waals surface area contributed by atoms with Gasteiger partial charge in [0.1, 0.15) is 0 Å². The average Bonchev–Trinajstić information content (AvgIpc) is 2.51. The quantitative estimate of drug-likeness (QED) is 0.546. The summed E-state index contributed by atoms with van der Waals surface area (Å²) in [6.45, 7) is 3.95. The number of amides is 1. The van der Waals surface area contributed by atoms with Crippen LogP contribution in [0.5, 0.6) is 11.5 Å². The third kappa shape index (κ3) is 5.73. The van der Waals surface area contributed by atoms with Gasteiger partial charge < -0.3 is 26.0 Å². The van der Waals surface area contributed by atoms with Crippen LogP contribution in [-0.2, 0) is 11.2 Å². The largest absolute Gasteiger partial charge is 0.504 e. The Morgan fingerprint density at radius 2 is 2.17 bits per heavy atom. The molecule has 1 aromatic rings. The molecule has 0 radical (unpaired) electrons. The Balaban J connectivity index is 2.61. The van der Waals surface area contributed by atoms with Crippen LogP contribution in [-0.4, -0.2) is 41.9 Å². The number of aromatic hydroxyl groups is 1. The monoisotopic (exact) mass is 324 g/mol. The lowest BCUT2D eigenvalue weighted by Crippen LogP contribution is -2.52. The highest BCUT2D eigenvalue weighted by Crippen LogP contribution is 2.27. The van der Waals surface area contributed by atoms with Gasteiger partial charge in [-0.3, -0.25) is 4.79 Å². The number of aliphatic hydroxyl groups is 1. The van der Waals surface area contributed by atoms with Gasteiger partial charge in [-0.15, -0.1) is 0 Å². The average molecular weight is 324 g/mol. The smallest absolute Gasteiger partial charge is 0.239 e. The fourth-order valence-corrected chi connectivity index (χ4v) is 2.47. The van der Waals surface area contributed by atoms with E-state index in [2.05, 4.69) is 5.32 Å². The summed E-state index contributed by atoms with van der Waals surface area (Å²) in [7, 11) is 1.49. The van der Waals surface area contributed by atoms with Crippen molar-refractivity contribution >= 4 is 5.91 Å². The Morgan fingerprint density at radius 3 is 2.70 bits per heavy atom. The van der Waals surface area contributed by atoms with E-state index in [9.17, 15) is 15.0 Å². The lowest BCUT2D eigenvalue weighted by Gasteiger charge is -2.24. The Kier molecular flexibility index (Phi) is 7.32. The van der Waals surface area contributed by atoms with Crippen molar-refractivity contribution in [2.45, 2.75) is 38.6 Å². The summed E-state index contributed by atoms with van der Waals surface area (Å²) in [5, 5.41) is 22.1. The lowest BCUT2D eigenvalue weighted by atomic mass is 9.95. The highest BCUT2D eigenvalue weighted by Gasteiger charge is 2.27. The number of aliphatic hydroxyl groups excluding tert-OH is 1. The first-order valence-corrected chi connectivity index (χ1v) is 7.88. The van der Waals surface area contributed by atoms with Gasteiger partial charge in [-0.05, 0) is 37.5 Å². The standard InChI is InChI=1S/C17H28N2O4/c1-4-7-17(2,18)16(22)19-10-13(11-20)8-12-5-6-15(23-3)14(21)9-12/h5-6,9,13,20-21H,4,7-8,10-11,18H2,1-3H3,(H,19,22). The van der Waals surface area contributed by atoms with Gasteiger partial charge in [0.15, 0.2) is 11.5 Å². The molecule has 130 valence electrons. The van der Waals surface area contributed by atoms with Gasteiger partial charge in [0.2, 0.25) is 5.91 Å². The molecule has 0 saturated carbocycles. The van der Waals surface area contributed by atoms with E-state index in [1.165, 1.54) is 7.11 Å². The molecule has 1 rings (SSSR count). The van der Waals surface area contributed by atoms with E-state index in [1.807, 2.05) is 13.0 Å². The van der Waals surface area contributed by atoms with Gasteiger partial charge in [-0.2, -0.15) is 0 Å². The van der Waals surface area contributed by atoms with E-state index in [-0.39, 0.29) is 24.2 Å². The molecule has 1 amide bonds. The van der Waals surface area contributed by atoms with Gasteiger partial charge >= 0.3 is 0 Å². The molecule has 0 fully saturated rings. The Bertz CT molecular complexity index is 517. The second kappa shape index (κ2) is 8.74. The van der Waals surface area contributed by atoms with Crippen molar-refractivity contribution in [3.63, 3.8) is 0 Å². The van der Waals surface area contributed by atoms with Crippen LogP contribution in [0.2, 0.25) is 0 Å². The number of phenolic OH excluding ortho intramolecular Hbond substituents is 1. The Hall–Kier alpha value is -1.79. The minimum atomic E-state index is -0.896. The molecule has 5 N–H and O–H groups in total. The molecule has 0 aromatic heterocycles. The zero-order valence-electron chi connectivity index (χ0n) is 14.1. The molecule has 6 nitrogen and oxygen atoms in total. The number of hydrogen-bond acceptors (Lipinski definition) is 5. The summed E-state index contributed by atoms with van der Waals surface area (Å²) in [5.74, 6) is 0.101. The number of nitrogens with two attached hydrogens (primary N) is 1. The molecule has 0 heterocycles. The fourth-order valence-electron chi connectivity index (χ4n) is 2.47. The van der Waals surface area contributed by atoms with Crippen molar-refractivity contribution in [2.24, 2.45) is 11.7 Å². The van der Waals surface area contributed by atoms with Crippen LogP contribution < -0.4 is 15.8 Å². The second-order valence-corrected chi connectivity index (χ2v) is 6.14. The topological polar surface area (TPSA) is 105 Å². The van der Waals surface area contributed by atoms with Gasteiger partial charge in [0.05, 0.1) is 12.6 Å². The van der Waals surface area contributed by atoms with Crippen LogP contribution in [0.25, 0.3) is 0 Å². The van der Waals surface area contributed by atoms with Crippen LogP contribution in [0, 0.1) is 5.92 Å². The number of ether oxygens (including phenoxy) is 1. The van der Waals surface area contributed by atoms with E-state index in [1.54, 1.807) is 19.1 Å². The number of nitrogens with one attached hydrogen (secondary N) is 1. The lowest BCUT2D eigenvalue weighted by molar-refractivity contribution is -0.126. The summed E-state index contributed by atoms with van der Waals surface area (Å²) in [6.07, 6.45) is 1.97. The zero-order chi connectivity index (χ0) is 17.5. The molecular formula is C17H28N2O4. The predicted octanol–water partition coefficient (Wildman–Crippen LogP) is 1.19. The maximum absolute atomic E-state index is 12.1. The third-order valence-corrected chi connectivity index (χ3v) is 3.87. The van der Waals surface area contributed by atoms with Crippen LogP contribution in [0.15, 0.2) is 18.2 Å². The number of phenols is 1. The molecule has 0 saturated heterocycles. The van der Waals surface area contributed by atoms with Crippen molar-refractivity contribution in [3.8, 4) is 11.5 Å². The van der Waals surface area contributed by atoms with E-state index >= 15 is 0 Å². The molecule has 1 aromatic carbocycles. The van der Waals surface area contributed by atoms with Crippen molar-refractivity contribution in [1.82, 2.24) is 5.32 Å². The van der Waals surface area contributed by atoms with Gasteiger partial charge in [0.25, 0.3) is 0 Å². The molecule has 0 spiro atoms. The first kappa shape index (κ1) is 19.3. The molecule has 23 heavy (non-hydrogen) atoms. The molecule has 0 aliphatic carbocycles. The molecule has 2 atom stereocenters. The molecule has 6 heteroatoms. The van der Waals surface area contributed by atoms with Crippen molar-refractivity contribution in [1.29, 1.82) is 0 Å². The molecular weight excluding hydrogens is 296 g/mol. The maximum atomic E-state index is 12.1. The molecule has 0 aliphatic heterocycles. The van der Waals surface area contributed by atoms with Gasteiger partial charge in [-0.1, -0.05) is 19.4 Å². The van der Waals surface area contributed by atoms with Crippen LogP contribution >= 0.6 is 0 Å². The van der Waals surface area contributed by atoms with E-state index < -0.39 is 5.54 Å². The number of carbonyl (C=O) groups is 1. The Labute approximate surface area is 137 Å². The number of methoxy groups -OCH3 is 1. The number of hydrogen-bond donors (Lipinski definition) is 4. The second-order valence-electron chi connectivity index (χ2n) is 6.14. The van der Waals surface area contributed by atoms with E-state index in [4.69, 9.17) is 10.5 Å². The third-order valence-electron chi connectivity index (χ3n) is 3.87. The summed E-state index contributed by atoms with van der Waals surface area (Å²) < 4.78 is 5.00. The summed E-state index contributed by atoms with van der Waals surface area (Å²) >= 11 is 0. The molecule has 2 unspecified atom stereocenters. The minimum Gasteiger partial charge on any atom is -0.504 e. The predicted molar refractivity (Wildman–Crippen MR) is 89.4 cm³/mol. The zero-order valence-corrected chi connectivity index (χ0v) is 14.1. The number of rotatable bonds is 9. The Morgan fingerprint density at radius 1 is 1.48 bits per heavy atom. The number of benzene rings is 1.